The molecule has 148 valence electrons. The van der Waals surface area contributed by atoms with E-state index in [2.05, 4.69) is 15.6 Å². The fourth-order valence-electron chi connectivity index (χ4n) is 3.59. The number of hydrazone groups is 2. The molecule has 1 aliphatic carbocycles. The molecule has 1 aliphatic heterocycles. The van der Waals surface area contributed by atoms with Crippen LogP contribution in [0.4, 0.5) is 11.4 Å². The van der Waals surface area contributed by atoms with E-state index in [9.17, 15) is 14.7 Å². The number of carboxylic acids is 1. The summed E-state index contributed by atoms with van der Waals surface area (Å²) >= 11 is 0. The topological polar surface area (TPSA) is 115 Å². The molecular formula is C21H20N4O4. The number of phenols is 1. The van der Waals surface area contributed by atoms with Gasteiger partial charge >= 0.3 is 11.9 Å². The number of aromatic hydroxyl groups is 1. The summed E-state index contributed by atoms with van der Waals surface area (Å²) in [5.74, 6) is -1.63. The van der Waals surface area contributed by atoms with Gasteiger partial charge in [-0.05, 0) is 55.5 Å². The molecule has 3 N–H and O–H groups in total. The Bertz CT molecular complexity index is 1070. The number of phenolic OH excluding ortho intramolecular Hbond substituents is 1. The van der Waals surface area contributed by atoms with Crippen molar-refractivity contribution in [2.24, 2.45) is 10.2 Å². The van der Waals surface area contributed by atoms with Crippen molar-refractivity contribution in [2.75, 3.05) is 10.4 Å². The lowest BCUT2D eigenvalue weighted by atomic mass is 10.1. The minimum atomic E-state index is -1.05. The summed E-state index contributed by atoms with van der Waals surface area (Å²) in [5, 5.41) is 28.9. The van der Waals surface area contributed by atoms with Gasteiger partial charge in [-0.15, -0.1) is 0 Å². The van der Waals surface area contributed by atoms with Crippen LogP contribution in [0.25, 0.3) is 0 Å². The van der Waals surface area contributed by atoms with Crippen LogP contribution in [0, 0.1) is 0 Å². The zero-order valence-corrected chi connectivity index (χ0v) is 15.8. The highest BCUT2D eigenvalue weighted by atomic mass is 16.4. The first kappa shape index (κ1) is 18.7. The predicted octanol–water partition coefficient (Wildman–Crippen LogP) is 2.70. The second kappa shape index (κ2) is 7.38. The Morgan fingerprint density at radius 1 is 1.24 bits per heavy atom. The number of anilines is 2. The summed E-state index contributed by atoms with van der Waals surface area (Å²) in [6, 6.07) is 10.6. The van der Waals surface area contributed by atoms with E-state index in [1.165, 1.54) is 22.2 Å². The number of nitrogens with zero attached hydrogens (tertiary/aromatic N) is 3. The Morgan fingerprint density at radius 3 is 2.83 bits per heavy atom. The largest absolute Gasteiger partial charge is 0.505 e. The number of aliphatic carboxylic acids is 1. The zero-order chi connectivity index (χ0) is 20.5. The number of aryl methyl sites for hydroxylation is 2. The lowest BCUT2D eigenvalue weighted by molar-refractivity contribution is -0.136. The maximum absolute atomic E-state index is 12.8. The van der Waals surface area contributed by atoms with Gasteiger partial charge in [-0.2, -0.15) is 15.2 Å². The number of carboxylic acid groups (broad SMARTS) is 1. The van der Waals surface area contributed by atoms with Gasteiger partial charge in [0.05, 0.1) is 23.5 Å². The van der Waals surface area contributed by atoms with Crippen molar-refractivity contribution < 1.29 is 19.8 Å². The van der Waals surface area contributed by atoms with Crippen molar-refractivity contribution in [3.05, 3.63) is 53.1 Å². The van der Waals surface area contributed by atoms with Crippen LogP contribution in [0.3, 0.4) is 0 Å². The second-order valence-electron chi connectivity index (χ2n) is 7.06. The Labute approximate surface area is 167 Å². The predicted molar refractivity (Wildman–Crippen MR) is 110 cm³/mol. The van der Waals surface area contributed by atoms with Gasteiger partial charge in [-0.3, -0.25) is 15.0 Å². The van der Waals surface area contributed by atoms with Crippen molar-refractivity contribution in [1.82, 2.24) is 0 Å². The Morgan fingerprint density at radius 2 is 2.03 bits per heavy atom. The lowest BCUT2D eigenvalue weighted by Gasteiger charge is -2.13. The fourth-order valence-corrected chi connectivity index (χ4v) is 3.59. The SMILES string of the molecule is CC1=NN(c2ccc3c(c2)CCC3)C(=O)/C1=N\Nc1cccc(CC(=O)O)c1O. The normalized spacial score (nSPS) is 16.9. The summed E-state index contributed by atoms with van der Waals surface area (Å²) in [6.45, 7) is 1.69. The minimum absolute atomic E-state index is 0.133. The van der Waals surface area contributed by atoms with Gasteiger partial charge in [0.15, 0.2) is 5.71 Å². The third-order valence-electron chi connectivity index (χ3n) is 5.06. The molecule has 29 heavy (non-hydrogen) atoms. The minimum Gasteiger partial charge on any atom is -0.505 e. The van der Waals surface area contributed by atoms with Crippen molar-refractivity contribution in [1.29, 1.82) is 0 Å². The van der Waals surface area contributed by atoms with Crippen molar-refractivity contribution in [3.8, 4) is 5.75 Å². The van der Waals surface area contributed by atoms with E-state index >= 15 is 0 Å². The maximum atomic E-state index is 12.8. The van der Waals surface area contributed by atoms with Crippen LogP contribution in [0.5, 0.6) is 5.75 Å². The molecule has 2 aromatic carbocycles. The lowest BCUT2D eigenvalue weighted by Crippen LogP contribution is -2.28. The summed E-state index contributed by atoms with van der Waals surface area (Å²) in [7, 11) is 0. The van der Waals surface area contributed by atoms with E-state index < -0.39 is 5.97 Å². The third kappa shape index (κ3) is 3.56. The Hall–Kier alpha value is -3.68. The first-order valence-electron chi connectivity index (χ1n) is 9.32. The number of carbonyl (C=O) groups excluding carboxylic acids is 1. The highest BCUT2D eigenvalue weighted by Crippen LogP contribution is 2.30. The molecule has 0 unspecified atom stereocenters. The summed E-state index contributed by atoms with van der Waals surface area (Å²) < 4.78 is 0. The van der Waals surface area contributed by atoms with Gasteiger partial charge in [0.25, 0.3) is 0 Å². The van der Waals surface area contributed by atoms with Crippen LogP contribution in [-0.2, 0) is 28.9 Å². The molecule has 0 atom stereocenters. The quantitative estimate of drug-likeness (QED) is 0.535. The molecule has 0 saturated heterocycles. The molecule has 0 spiro atoms. The third-order valence-corrected chi connectivity index (χ3v) is 5.06. The molecule has 2 aromatic rings. The second-order valence-corrected chi connectivity index (χ2v) is 7.06. The monoisotopic (exact) mass is 392 g/mol. The van der Waals surface area contributed by atoms with Gasteiger partial charge in [0.2, 0.25) is 0 Å². The van der Waals surface area contributed by atoms with Crippen molar-refractivity contribution in [2.45, 2.75) is 32.6 Å². The number of carbonyl (C=O) groups is 2. The standard InChI is InChI=1S/C21H20N4O4/c1-12-19(23-22-17-7-3-6-15(20(17)28)11-18(26)27)21(29)25(24-12)16-9-8-13-4-2-5-14(13)10-16/h3,6-10,22,28H,2,4-5,11H2,1H3,(H,26,27)/b23-19-. The van der Waals surface area contributed by atoms with Gasteiger partial charge < -0.3 is 10.2 Å². The summed E-state index contributed by atoms with van der Waals surface area (Å²) in [5.41, 5.74) is 6.97. The number of nitrogens with one attached hydrogen (secondary N) is 1. The van der Waals surface area contributed by atoms with Crippen LogP contribution in [-0.4, -0.2) is 33.5 Å². The van der Waals surface area contributed by atoms with E-state index in [-0.39, 0.29) is 35.0 Å². The fraction of sp³-hybridized carbons (Fsp3) is 0.238. The van der Waals surface area contributed by atoms with Crippen LogP contribution in [0.2, 0.25) is 0 Å². The van der Waals surface area contributed by atoms with Gasteiger partial charge in [-0.25, -0.2) is 0 Å². The molecular weight excluding hydrogens is 372 g/mol. The Balaban J connectivity index is 1.56. The number of rotatable bonds is 5. The average Bonchev–Trinajstić information content (AvgIpc) is 3.26. The number of hydrogen-bond acceptors (Lipinski definition) is 6. The van der Waals surface area contributed by atoms with E-state index in [0.717, 1.165) is 19.3 Å². The molecule has 0 fully saturated rings. The van der Waals surface area contributed by atoms with Crippen LogP contribution in [0.15, 0.2) is 46.6 Å². The summed E-state index contributed by atoms with van der Waals surface area (Å²) in [6.07, 6.45) is 2.87. The molecule has 0 aromatic heterocycles. The molecule has 4 rings (SSSR count). The van der Waals surface area contributed by atoms with Gasteiger partial charge in [-0.1, -0.05) is 18.2 Å². The molecule has 2 aliphatic rings. The highest BCUT2D eigenvalue weighted by molar-refractivity contribution is 6.71. The molecule has 8 nitrogen and oxygen atoms in total. The van der Waals surface area contributed by atoms with Gasteiger partial charge in [0, 0.05) is 5.56 Å². The van der Waals surface area contributed by atoms with Crippen LogP contribution in [0.1, 0.15) is 30.0 Å². The highest BCUT2D eigenvalue weighted by Gasteiger charge is 2.31. The number of benzene rings is 2. The molecule has 8 heteroatoms. The first-order valence-corrected chi connectivity index (χ1v) is 9.32. The number of amides is 1. The number of fused-ring (bicyclic) bond motifs is 1. The Kier molecular flexibility index (Phi) is 4.75. The maximum Gasteiger partial charge on any atom is 0.307 e. The zero-order valence-electron chi connectivity index (χ0n) is 15.8. The molecule has 0 bridgehead atoms. The average molecular weight is 392 g/mol. The van der Waals surface area contributed by atoms with Crippen LogP contribution >= 0.6 is 0 Å². The molecule has 1 amide bonds. The molecule has 1 heterocycles. The van der Waals surface area contributed by atoms with Crippen LogP contribution < -0.4 is 10.4 Å². The number of para-hydroxylation sites is 1. The van der Waals surface area contributed by atoms with E-state index in [1.807, 2.05) is 18.2 Å². The molecule has 0 radical (unpaired) electrons. The first-order chi connectivity index (χ1) is 13.9. The number of hydrogen-bond donors (Lipinski definition) is 3. The van der Waals surface area contributed by atoms with Crippen molar-refractivity contribution in [3.63, 3.8) is 0 Å². The van der Waals surface area contributed by atoms with E-state index in [1.54, 1.807) is 19.1 Å². The van der Waals surface area contributed by atoms with E-state index in [4.69, 9.17) is 5.11 Å². The smallest absolute Gasteiger partial charge is 0.307 e. The summed E-state index contributed by atoms with van der Waals surface area (Å²) in [4.78, 5) is 23.7. The van der Waals surface area contributed by atoms with Crippen molar-refractivity contribution >= 4 is 34.7 Å². The molecule has 0 saturated carbocycles. The van der Waals surface area contributed by atoms with E-state index in [0.29, 0.717) is 11.4 Å². The van der Waals surface area contributed by atoms with Gasteiger partial charge in [0.1, 0.15) is 5.75 Å².